The Morgan fingerprint density at radius 1 is 1.00 bits per heavy atom. The second-order valence-electron chi connectivity index (χ2n) is 5.52. The van der Waals surface area contributed by atoms with Gasteiger partial charge in [-0.3, -0.25) is 24.7 Å². The van der Waals surface area contributed by atoms with E-state index in [-0.39, 0.29) is 30.7 Å². The van der Waals surface area contributed by atoms with Gasteiger partial charge in [0.25, 0.3) is 5.91 Å². The summed E-state index contributed by atoms with van der Waals surface area (Å²) in [6.45, 7) is 0.239. The van der Waals surface area contributed by atoms with E-state index in [1.807, 2.05) is 36.4 Å². The Kier molecular flexibility index (Phi) is 4.67. The summed E-state index contributed by atoms with van der Waals surface area (Å²) < 4.78 is 0. The molecule has 2 aromatic rings. The molecule has 0 aliphatic carbocycles. The van der Waals surface area contributed by atoms with Gasteiger partial charge >= 0.3 is 0 Å². The van der Waals surface area contributed by atoms with Crippen LogP contribution in [-0.4, -0.2) is 28.7 Å². The zero-order valence-electron chi connectivity index (χ0n) is 12.9. The first-order valence-electron chi connectivity index (χ1n) is 7.64. The fourth-order valence-corrected chi connectivity index (χ4v) is 2.54. The molecule has 1 saturated heterocycles. The fraction of sp³-hybridized carbons (Fsp3) is 0.167. The number of carbonyl (C=O) groups excluding carboxylic acids is 3. The summed E-state index contributed by atoms with van der Waals surface area (Å²) in [7, 11) is 0. The van der Waals surface area contributed by atoms with Gasteiger partial charge in [-0.2, -0.15) is 0 Å². The average Bonchev–Trinajstić information content (AvgIpc) is 2.89. The molecule has 24 heavy (non-hydrogen) atoms. The Balaban J connectivity index is 1.59. The highest BCUT2D eigenvalue weighted by Crippen LogP contribution is 2.16. The van der Waals surface area contributed by atoms with Crippen molar-refractivity contribution in [2.45, 2.75) is 19.0 Å². The lowest BCUT2D eigenvalue weighted by Gasteiger charge is -2.16. The second kappa shape index (κ2) is 7.06. The molecular weight excluding hydrogens is 306 g/mol. The molecule has 1 fully saturated rings. The number of amides is 3. The number of carbonyl (C=O) groups is 3. The Morgan fingerprint density at radius 3 is 2.29 bits per heavy atom. The lowest BCUT2D eigenvalue weighted by atomic mass is 10.2. The van der Waals surface area contributed by atoms with Crippen LogP contribution in [0.1, 0.15) is 22.3 Å². The van der Waals surface area contributed by atoms with E-state index in [1.165, 1.54) is 4.90 Å². The molecule has 0 bridgehead atoms. The maximum Gasteiger partial charge on any atom is 0.265 e. The van der Waals surface area contributed by atoms with Crippen LogP contribution < -0.4 is 10.9 Å². The van der Waals surface area contributed by atoms with Crippen molar-refractivity contribution >= 4 is 17.7 Å². The number of hydrogen-bond acceptors (Lipinski definition) is 4. The summed E-state index contributed by atoms with van der Waals surface area (Å²) >= 11 is 0. The van der Waals surface area contributed by atoms with Gasteiger partial charge in [-0.25, -0.2) is 5.43 Å². The van der Waals surface area contributed by atoms with Crippen molar-refractivity contribution in [1.82, 2.24) is 15.8 Å². The van der Waals surface area contributed by atoms with Crippen LogP contribution >= 0.6 is 0 Å². The number of rotatable bonds is 5. The van der Waals surface area contributed by atoms with Gasteiger partial charge in [-0.15, -0.1) is 0 Å². The van der Waals surface area contributed by atoms with Gasteiger partial charge in [0.05, 0.1) is 13.0 Å². The number of likely N-dealkylation sites (tertiary alicyclic amines) is 1. The van der Waals surface area contributed by atoms with E-state index in [2.05, 4.69) is 10.9 Å². The van der Waals surface area contributed by atoms with Gasteiger partial charge < -0.3 is 0 Å². The van der Waals surface area contributed by atoms with E-state index in [0.717, 1.165) is 5.56 Å². The number of imide groups is 1. The third kappa shape index (κ3) is 3.49. The number of benzene rings is 2. The third-order valence-corrected chi connectivity index (χ3v) is 3.82. The molecule has 0 spiro atoms. The lowest BCUT2D eigenvalue weighted by Crippen LogP contribution is -2.48. The quantitative estimate of drug-likeness (QED) is 0.641. The van der Waals surface area contributed by atoms with Crippen LogP contribution in [0.25, 0.3) is 0 Å². The normalized spacial score (nSPS) is 17.2. The molecule has 0 saturated carbocycles. The minimum absolute atomic E-state index is 0.0285. The van der Waals surface area contributed by atoms with Crippen LogP contribution in [-0.2, 0) is 16.1 Å². The predicted octanol–water partition coefficient (Wildman–Crippen LogP) is 1.25. The Hall–Kier alpha value is -2.99. The van der Waals surface area contributed by atoms with E-state index >= 15 is 0 Å². The molecule has 2 N–H and O–H groups in total. The highest BCUT2D eigenvalue weighted by molar-refractivity contribution is 6.05. The molecule has 1 aliphatic rings. The highest BCUT2D eigenvalue weighted by atomic mass is 16.2. The van der Waals surface area contributed by atoms with Crippen LogP contribution in [0.5, 0.6) is 0 Å². The van der Waals surface area contributed by atoms with Gasteiger partial charge in [0.2, 0.25) is 11.8 Å². The fourth-order valence-electron chi connectivity index (χ4n) is 2.54. The molecule has 3 amide bonds. The first-order chi connectivity index (χ1) is 11.6. The minimum atomic E-state index is -0.742. The molecule has 6 heteroatoms. The van der Waals surface area contributed by atoms with E-state index in [1.54, 1.807) is 24.3 Å². The molecule has 0 unspecified atom stereocenters. The van der Waals surface area contributed by atoms with Gasteiger partial charge in [0, 0.05) is 5.56 Å². The van der Waals surface area contributed by atoms with E-state index in [4.69, 9.17) is 0 Å². The summed E-state index contributed by atoms with van der Waals surface area (Å²) in [5.74, 6) is -0.940. The van der Waals surface area contributed by atoms with Crippen molar-refractivity contribution in [2.24, 2.45) is 0 Å². The van der Waals surface area contributed by atoms with Crippen LogP contribution in [0.4, 0.5) is 0 Å². The molecule has 1 atom stereocenters. The van der Waals surface area contributed by atoms with E-state index in [0.29, 0.717) is 5.56 Å². The molecule has 1 aliphatic heterocycles. The molecule has 0 aromatic heterocycles. The van der Waals surface area contributed by atoms with Crippen LogP contribution in [0, 0.1) is 0 Å². The minimum Gasteiger partial charge on any atom is -0.287 e. The molecule has 0 radical (unpaired) electrons. The monoisotopic (exact) mass is 323 g/mol. The maximum absolute atomic E-state index is 12.4. The molecule has 3 rings (SSSR count). The van der Waals surface area contributed by atoms with Crippen LogP contribution in [0.3, 0.4) is 0 Å². The molecule has 6 nitrogen and oxygen atoms in total. The maximum atomic E-state index is 12.4. The van der Waals surface area contributed by atoms with E-state index in [9.17, 15) is 14.4 Å². The highest BCUT2D eigenvalue weighted by Gasteiger charge is 2.38. The first kappa shape index (κ1) is 15.9. The van der Waals surface area contributed by atoms with Crippen LogP contribution in [0.2, 0.25) is 0 Å². The van der Waals surface area contributed by atoms with Crippen molar-refractivity contribution in [2.75, 3.05) is 0 Å². The van der Waals surface area contributed by atoms with Crippen molar-refractivity contribution in [1.29, 1.82) is 0 Å². The summed E-state index contributed by atoms with van der Waals surface area (Å²) in [4.78, 5) is 37.6. The summed E-state index contributed by atoms with van der Waals surface area (Å²) in [5.41, 5.74) is 6.51. The lowest BCUT2D eigenvalue weighted by molar-refractivity contribution is -0.139. The Bertz CT molecular complexity index is 747. The predicted molar refractivity (Wildman–Crippen MR) is 87.4 cm³/mol. The SMILES string of the molecule is O=C(NN[C@@H]1CC(=O)N(Cc2ccccc2)C1=O)c1ccccc1. The summed E-state index contributed by atoms with van der Waals surface area (Å²) in [5, 5.41) is 0. The Morgan fingerprint density at radius 2 is 1.62 bits per heavy atom. The zero-order valence-corrected chi connectivity index (χ0v) is 12.9. The van der Waals surface area contributed by atoms with Crippen molar-refractivity contribution in [3.8, 4) is 0 Å². The van der Waals surface area contributed by atoms with Crippen molar-refractivity contribution in [3.05, 3.63) is 71.8 Å². The van der Waals surface area contributed by atoms with Crippen molar-refractivity contribution < 1.29 is 14.4 Å². The largest absolute Gasteiger partial charge is 0.287 e. The van der Waals surface area contributed by atoms with Crippen molar-refractivity contribution in [3.63, 3.8) is 0 Å². The zero-order chi connectivity index (χ0) is 16.9. The molecular formula is C18H17N3O3. The number of nitrogens with zero attached hydrogens (tertiary/aromatic N) is 1. The van der Waals surface area contributed by atoms with Gasteiger partial charge in [0.1, 0.15) is 6.04 Å². The number of hydrogen-bond donors (Lipinski definition) is 2. The molecule has 122 valence electrons. The third-order valence-electron chi connectivity index (χ3n) is 3.82. The van der Waals surface area contributed by atoms with Gasteiger partial charge in [-0.1, -0.05) is 48.5 Å². The second-order valence-corrected chi connectivity index (χ2v) is 5.52. The standard InChI is InChI=1S/C18H17N3O3/c22-16-11-15(19-20-17(23)14-9-5-2-6-10-14)18(24)21(16)12-13-7-3-1-4-8-13/h1-10,15,19H,11-12H2,(H,20,23)/t15-/m1/s1. The molecule has 1 heterocycles. The number of hydrazine groups is 1. The van der Waals surface area contributed by atoms with Gasteiger partial charge in [-0.05, 0) is 17.7 Å². The first-order valence-corrected chi connectivity index (χ1v) is 7.64. The smallest absolute Gasteiger partial charge is 0.265 e. The topological polar surface area (TPSA) is 78.5 Å². The molecule has 2 aromatic carbocycles. The number of nitrogens with one attached hydrogen (secondary N) is 2. The average molecular weight is 323 g/mol. The van der Waals surface area contributed by atoms with E-state index < -0.39 is 6.04 Å². The Labute approximate surface area is 139 Å². The van der Waals surface area contributed by atoms with Crippen LogP contribution in [0.15, 0.2) is 60.7 Å². The summed E-state index contributed by atoms with van der Waals surface area (Å²) in [6, 6.07) is 17.2. The van der Waals surface area contributed by atoms with Gasteiger partial charge in [0.15, 0.2) is 0 Å². The summed E-state index contributed by atoms with van der Waals surface area (Å²) in [6.07, 6.45) is 0.0285.